The van der Waals surface area contributed by atoms with E-state index < -0.39 is 11.8 Å². The molecule has 0 bridgehead atoms. The molecule has 0 aliphatic heterocycles. The summed E-state index contributed by atoms with van der Waals surface area (Å²) in [5, 5.41) is 5.20. The van der Waals surface area contributed by atoms with Crippen LogP contribution in [0.3, 0.4) is 0 Å². The topological polar surface area (TPSA) is 58.2 Å². The van der Waals surface area contributed by atoms with Crippen LogP contribution in [0.25, 0.3) is 0 Å². The number of hydrogen-bond donors (Lipinski definition) is 2. The van der Waals surface area contributed by atoms with Gasteiger partial charge in [-0.2, -0.15) is 0 Å². The molecule has 0 radical (unpaired) electrons. The molecule has 6 heteroatoms. The first-order valence-electron chi connectivity index (χ1n) is 6.10. The molecule has 0 unspecified atom stereocenters. The molecular weight excluding hydrogens is 339 g/mol. The number of halogens is 2. The van der Waals surface area contributed by atoms with Crippen LogP contribution in [0.2, 0.25) is 0 Å². The Morgan fingerprint density at radius 1 is 1.00 bits per heavy atom. The standard InChI is InChI=1S/C15H12BrFN2O2/c1-9(20)10-2-4-11(5-3-10)18-15(21)19-12-6-7-14(17)13(16)8-12/h2-8H,1H3,(H2,18,19,21). The smallest absolute Gasteiger partial charge is 0.308 e. The van der Waals surface area contributed by atoms with E-state index in [2.05, 4.69) is 26.6 Å². The highest BCUT2D eigenvalue weighted by atomic mass is 79.9. The van der Waals surface area contributed by atoms with Gasteiger partial charge in [-0.05, 0) is 65.3 Å². The molecule has 21 heavy (non-hydrogen) atoms. The zero-order valence-corrected chi connectivity index (χ0v) is 12.7. The van der Waals surface area contributed by atoms with E-state index in [4.69, 9.17) is 0 Å². The predicted molar refractivity (Wildman–Crippen MR) is 83.2 cm³/mol. The van der Waals surface area contributed by atoms with E-state index in [1.165, 1.54) is 25.1 Å². The number of nitrogens with one attached hydrogen (secondary N) is 2. The quantitative estimate of drug-likeness (QED) is 0.804. The fourth-order valence-corrected chi connectivity index (χ4v) is 2.03. The first-order valence-corrected chi connectivity index (χ1v) is 6.89. The van der Waals surface area contributed by atoms with Crippen LogP contribution >= 0.6 is 15.9 Å². The van der Waals surface area contributed by atoms with Crippen molar-refractivity contribution in [3.63, 3.8) is 0 Å². The number of carbonyl (C=O) groups excluding carboxylic acids is 2. The number of anilines is 2. The van der Waals surface area contributed by atoms with Crippen molar-refractivity contribution < 1.29 is 14.0 Å². The highest BCUT2D eigenvalue weighted by molar-refractivity contribution is 9.10. The third-order valence-corrected chi connectivity index (χ3v) is 3.33. The van der Waals surface area contributed by atoms with Crippen molar-refractivity contribution in [3.05, 3.63) is 58.3 Å². The SMILES string of the molecule is CC(=O)c1ccc(NC(=O)Nc2ccc(F)c(Br)c2)cc1. The number of urea groups is 1. The molecule has 2 amide bonds. The molecule has 0 fully saturated rings. The van der Waals surface area contributed by atoms with Gasteiger partial charge in [-0.15, -0.1) is 0 Å². The Balaban J connectivity index is 2.01. The van der Waals surface area contributed by atoms with Gasteiger partial charge in [0.15, 0.2) is 5.78 Å². The second-order valence-electron chi connectivity index (χ2n) is 4.34. The number of hydrogen-bond acceptors (Lipinski definition) is 2. The zero-order valence-electron chi connectivity index (χ0n) is 11.1. The maximum atomic E-state index is 13.1. The first-order chi connectivity index (χ1) is 9.95. The number of Topliss-reactive ketones (excluding diaryl/α,β-unsaturated/α-hetero) is 1. The third-order valence-electron chi connectivity index (χ3n) is 2.73. The highest BCUT2D eigenvalue weighted by Gasteiger charge is 2.06. The van der Waals surface area contributed by atoms with Gasteiger partial charge in [0.25, 0.3) is 0 Å². The molecule has 0 aromatic heterocycles. The van der Waals surface area contributed by atoms with Crippen molar-refractivity contribution in [2.24, 2.45) is 0 Å². The molecule has 0 aliphatic carbocycles. The van der Waals surface area contributed by atoms with E-state index in [9.17, 15) is 14.0 Å². The molecule has 0 spiro atoms. The van der Waals surface area contributed by atoms with Crippen LogP contribution in [0.15, 0.2) is 46.9 Å². The van der Waals surface area contributed by atoms with Gasteiger partial charge < -0.3 is 10.6 Å². The molecule has 0 saturated heterocycles. The maximum absolute atomic E-state index is 13.1. The Morgan fingerprint density at radius 3 is 2.14 bits per heavy atom. The Labute approximate surface area is 129 Å². The minimum Gasteiger partial charge on any atom is -0.308 e. The highest BCUT2D eigenvalue weighted by Crippen LogP contribution is 2.20. The lowest BCUT2D eigenvalue weighted by molar-refractivity contribution is 0.101. The lowest BCUT2D eigenvalue weighted by atomic mass is 10.1. The van der Waals surface area contributed by atoms with E-state index in [0.717, 1.165) is 0 Å². The van der Waals surface area contributed by atoms with Crippen molar-refractivity contribution in [2.75, 3.05) is 10.6 Å². The number of benzene rings is 2. The zero-order chi connectivity index (χ0) is 15.4. The summed E-state index contributed by atoms with van der Waals surface area (Å²) in [4.78, 5) is 22.9. The van der Waals surface area contributed by atoms with E-state index in [1.54, 1.807) is 24.3 Å². The molecule has 2 aromatic rings. The van der Waals surface area contributed by atoms with Gasteiger partial charge in [0.2, 0.25) is 0 Å². The first kappa shape index (κ1) is 15.2. The van der Waals surface area contributed by atoms with Gasteiger partial charge >= 0.3 is 6.03 Å². The summed E-state index contributed by atoms with van der Waals surface area (Å²) in [5.74, 6) is -0.442. The van der Waals surface area contributed by atoms with Crippen LogP contribution in [0, 0.1) is 5.82 Å². The van der Waals surface area contributed by atoms with Gasteiger partial charge in [-0.3, -0.25) is 4.79 Å². The molecule has 108 valence electrons. The molecule has 2 N–H and O–H groups in total. The van der Waals surface area contributed by atoms with Gasteiger partial charge in [-0.25, -0.2) is 9.18 Å². The van der Waals surface area contributed by atoms with Crippen molar-refractivity contribution in [1.29, 1.82) is 0 Å². The Hall–Kier alpha value is -2.21. The third kappa shape index (κ3) is 4.13. The summed E-state index contributed by atoms with van der Waals surface area (Å²) in [7, 11) is 0. The van der Waals surface area contributed by atoms with E-state index >= 15 is 0 Å². The summed E-state index contributed by atoms with van der Waals surface area (Å²) in [6, 6.07) is 10.3. The van der Waals surface area contributed by atoms with Crippen LogP contribution in [0.4, 0.5) is 20.6 Å². The summed E-state index contributed by atoms with van der Waals surface area (Å²) >= 11 is 3.05. The van der Waals surface area contributed by atoms with Gasteiger partial charge in [0.1, 0.15) is 5.82 Å². The van der Waals surface area contributed by atoms with Crippen molar-refractivity contribution in [2.45, 2.75) is 6.92 Å². The van der Waals surface area contributed by atoms with Crippen molar-refractivity contribution >= 4 is 39.1 Å². The molecule has 2 rings (SSSR count). The average Bonchev–Trinajstić information content (AvgIpc) is 2.43. The fraction of sp³-hybridized carbons (Fsp3) is 0.0667. The molecule has 4 nitrogen and oxygen atoms in total. The van der Waals surface area contributed by atoms with Crippen LogP contribution in [0.1, 0.15) is 17.3 Å². The number of amides is 2. The summed E-state index contributed by atoms with van der Waals surface area (Å²) in [5.41, 5.74) is 1.59. The van der Waals surface area contributed by atoms with Crippen LogP contribution < -0.4 is 10.6 Å². The largest absolute Gasteiger partial charge is 0.323 e. The molecule has 0 aliphatic rings. The lowest BCUT2D eigenvalue weighted by Crippen LogP contribution is -2.19. The van der Waals surface area contributed by atoms with Crippen LogP contribution in [-0.2, 0) is 0 Å². The second-order valence-corrected chi connectivity index (χ2v) is 5.20. The Kier molecular flexibility index (Phi) is 4.70. The van der Waals surface area contributed by atoms with Gasteiger partial charge in [0.05, 0.1) is 4.47 Å². The number of carbonyl (C=O) groups is 2. The molecule has 0 saturated carbocycles. The molecule has 0 atom stereocenters. The normalized spacial score (nSPS) is 10.0. The van der Waals surface area contributed by atoms with E-state index in [-0.39, 0.29) is 10.3 Å². The molecular formula is C15H12BrFN2O2. The van der Waals surface area contributed by atoms with Gasteiger partial charge in [-0.1, -0.05) is 0 Å². The molecule has 0 heterocycles. The predicted octanol–water partition coefficient (Wildman–Crippen LogP) is 4.43. The lowest BCUT2D eigenvalue weighted by Gasteiger charge is -2.08. The minimum absolute atomic E-state index is 0.0397. The Morgan fingerprint density at radius 2 is 1.57 bits per heavy atom. The monoisotopic (exact) mass is 350 g/mol. The number of ketones is 1. The average molecular weight is 351 g/mol. The van der Waals surface area contributed by atoms with Crippen LogP contribution in [-0.4, -0.2) is 11.8 Å². The summed E-state index contributed by atoms with van der Waals surface area (Å²) in [6.45, 7) is 1.47. The fourth-order valence-electron chi connectivity index (χ4n) is 1.66. The minimum atomic E-state index is -0.455. The van der Waals surface area contributed by atoms with Crippen LogP contribution in [0.5, 0.6) is 0 Å². The summed E-state index contributed by atoms with van der Waals surface area (Å²) in [6.07, 6.45) is 0. The summed E-state index contributed by atoms with van der Waals surface area (Å²) < 4.78 is 13.4. The number of rotatable bonds is 3. The molecule has 2 aromatic carbocycles. The van der Waals surface area contributed by atoms with Gasteiger partial charge in [0, 0.05) is 16.9 Å². The van der Waals surface area contributed by atoms with E-state index in [1.807, 2.05) is 0 Å². The van der Waals surface area contributed by atoms with Crippen molar-refractivity contribution in [3.8, 4) is 0 Å². The maximum Gasteiger partial charge on any atom is 0.323 e. The van der Waals surface area contributed by atoms with Crippen molar-refractivity contribution in [1.82, 2.24) is 0 Å². The second kappa shape index (κ2) is 6.49. The van der Waals surface area contributed by atoms with E-state index in [0.29, 0.717) is 16.9 Å². The Bertz CT molecular complexity index is 687.